The molecular formula is C15H19BrO2. The van der Waals surface area contributed by atoms with E-state index in [-0.39, 0.29) is 10.8 Å². The Kier molecular flexibility index (Phi) is 7.42. The minimum Gasteiger partial charge on any atom is -0.461 e. The molecule has 2 nitrogen and oxygen atoms in total. The van der Waals surface area contributed by atoms with Gasteiger partial charge in [-0.3, -0.25) is 4.79 Å². The van der Waals surface area contributed by atoms with Crippen molar-refractivity contribution in [3.63, 3.8) is 0 Å². The molecule has 0 aliphatic carbocycles. The Hall–Kier alpha value is -1.09. The van der Waals surface area contributed by atoms with Crippen LogP contribution < -0.4 is 0 Å². The van der Waals surface area contributed by atoms with E-state index in [9.17, 15) is 4.79 Å². The summed E-state index contributed by atoms with van der Waals surface area (Å²) in [4.78, 5) is 11.4. The van der Waals surface area contributed by atoms with E-state index in [2.05, 4.69) is 22.9 Å². The third-order valence-corrected chi connectivity index (χ3v) is 3.33. The Morgan fingerprint density at radius 2 is 2.11 bits per heavy atom. The number of alkyl halides is 1. The van der Waals surface area contributed by atoms with E-state index in [4.69, 9.17) is 4.74 Å². The molecule has 0 bridgehead atoms. The van der Waals surface area contributed by atoms with Crippen LogP contribution in [0.15, 0.2) is 36.4 Å². The zero-order valence-electron chi connectivity index (χ0n) is 10.6. The molecule has 1 aromatic carbocycles. The van der Waals surface area contributed by atoms with Crippen molar-refractivity contribution in [2.24, 2.45) is 0 Å². The smallest absolute Gasteiger partial charge is 0.320 e. The topological polar surface area (TPSA) is 26.3 Å². The summed E-state index contributed by atoms with van der Waals surface area (Å²) in [6.07, 6.45) is 6.75. The standard InChI is InChI=1S/C15H19BrO2/c1-2-3-11-14(16)15(17)18-12-7-10-13-8-5-4-6-9-13/h4-10,14H,2-3,11-12H2,1H3. The number of carbonyl (C=O) groups excluding carboxylic acids is 1. The Labute approximate surface area is 117 Å². The molecule has 98 valence electrons. The van der Waals surface area contributed by atoms with Crippen molar-refractivity contribution in [3.05, 3.63) is 42.0 Å². The van der Waals surface area contributed by atoms with E-state index < -0.39 is 0 Å². The molecule has 0 fully saturated rings. The molecule has 1 aromatic rings. The number of rotatable bonds is 7. The van der Waals surface area contributed by atoms with Gasteiger partial charge < -0.3 is 4.74 Å². The van der Waals surface area contributed by atoms with Gasteiger partial charge in [0.05, 0.1) is 0 Å². The highest BCUT2D eigenvalue weighted by molar-refractivity contribution is 9.10. The molecule has 0 saturated carbocycles. The summed E-state index contributed by atoms with van der Waals surface area (Å²) < 4.78 is 5.15. The molecule has 0 amide bonds. The minimum atomic E-state index is -0.179. The number of carbonyl (C=O) groups is 1. The van der Waals surface area contributed by atoms with E-state index in [0.29, 0.717) is 6.61 Å². The van der Waals surface area contributed by atoms with Gasteiger partial charge in [-0.05, 0) is 18.1 Å². The highest BCUT2D eigenvalue weighted by Gasteiger charge is 2.14. The molecule has 0 aromatic heterocycles. The van der Waals surface area contributed by atoms with Gasteiger partial charge >= 0.3 is 5.97 Å². The van der Waals surface area contributed by atoms with Gasteiger partial charge in [0.2, 0.25) is 0 Å². The van der Waals surface area contributed by atoms with E-state index in [0.717, 1.165) is 24.8 Å². The molecular weight excluding hydrogens is 292 g/mol. The summed E-state index contributed by atoms with van der Waals surface area (Å²) in [5, 5.41) is 0. The summed E-state index contributed by atoms with van der Waals surface area (Å²) in [7, 11) is 0. The molecule has 0 saturated heterocycles. The largest absolute Gasteiger partial charge is 0.461 e. The lowest BCUT2D eigenvalue weighted by atomic mass is 10.2. The lowest BCUT2D eigenvalue weighted by Gasteiger charge is -2.07. The van der Waals surface area contributed by atoms with E-state index in [1.807, 2.05) is 42.5 Å². The van der Waals surface area contributed by atoms with Gasteiger partial charge in [0.25, 0.3) is 0 Å². The van der Waals surface area contributed by atoms with Crippen molar-refractivity contribution in [1.29, 1.82) is 0 Å². The first kappa shape index (κ1) is 15.0. The lowest BCUT2D eigenvalue weighted by Crippen LogP contribution is -2.17. The number of hydrogen-bond donors (Lipinski definition) is 0. The van der Waals surface area contributed by atoms with E-state index >= 15 is 0 Å². The van der Waals surface area contributed by atoms with Crippen LogP contribution in [0.2, 0.25) is 0 Å². The molecule has 0 spiro atoms. The van der Waals surface area contributed by atoms with Crippen LogP contribution in [-0.4, -0.2) is 17.4 Å². The summed E-state index contributed by atoms with van der Waals surface area (Å²) in [5.74, 6) is -0.179. The summed E-state index contributed by atoms with van der Waals surface area (Å²) in [6, 6.07) is 9.94. The number of ether oxygens (including phenoxy) is 1. The average Bonchev–Trinajstić information content (AvgIpc) is 2.41. The van der Waals surface area contributed by atoms with Crippen molar-refractivity contribution in [2.45, 2.75) is 31.0 Å². The van der Waals surface area contributed by atoms with Crippen LogP contribution >= 0.6 is 15.9 Å². The van der Waals surface area contributed by atoms with Crippen molar-refractivity contribution in [2.75, 3.05) is 6.61 Å². The van der Waals surface area contributed by atoms with Crippen LogP contribution in [-0.2, 0) is 9.53 Å². The van der Waals surface area contributed by atoms with Gasteiger partial charge in [0.15, 0.2) is 0 Å². The highest BCUT2D eigenvalue weighted by Crippen LogP contribution is 2.11. The van der Waals surface area contributed by atoms with Gasteiger partial charge in [-0.15, -0.1) is 0 Å². The van der Waals surface area contributed by atoms with E-state index in [1.54, 1.807) is 0 Å². The van der Waals surface area contributed by atoms with Gasteiger partial charge in [-0.25, -0.2) is 0 Å². The van der Waals surface area contributed by atoms with Gasteiger partial charge in [-0.1, -0.05) is 72.1 Å². The van der Waals surface area contributed by atoms with Crippen molar-refractivity contribution >= 4 is 28.0 Å². The SMILES string of the molecule is CCCCC(Br)C(=O)OCC=Cc1ccccc1. The quantitative estimate of drug-likeness (QED) is 0.557. The van der Waals surface area contributed by atoms with E-state index in [1.165, 1.54) is 0 Å². The molecule has 1 rings (SSSR count). The fraction of sp³-hybridized carbons (Fsp3) is 0.400. The number of benzene rings is 1. The molecule has 0 aliphatic rings. The van der Waals surface area contributed by atoms with Crippen molar-refractivity contribution < 1.29 is 9.53 Å². The summed E-state index contributed by atoms with van der Waals surface area (Å²) in [6.45, 7) is 2.43. The lowest BCUT2D eigenvalue weighted by molar-refractivity contribution is -0.141. The first-order valence-corrected chi connectivity index (χ1v) is 7.18. The highest BCUT2D eigenvalue weighted by atomic mass is 79.9. The Bertz CT molecular complexity index is 373. The fourth-order valence-electron chi connectivity index (χ4n) is 1.47. The van der Waals surface area contributed by atoms with Gasteiger partial charge in [0.1, 0.15) is 11.4 Å². The molecule has 1 atom stereocenters. The van der Waals surface area contributed by atoms with Crippen LogP contribution in [0.3, 0.4) is 0 Å². The maximum atomic E-state index is 11.6. The summed E-state index contributed by atoms with van der Waals surface area (Å²) >= 11 is 3.34. The first-order chi connectivity index (χ1) is 8.74. The van der Waals surface area contributed by atoms with Crippen LogP contribution in [0.5, 0.6) is 0 Å². The molecule has 18 heavy (non-hydrogen) atoms. The number of halogens is 1. The molecule has 0 aliphatic heterocycles. The predicted molar refractivity (Wildman–Crippen MR) is 78.7 cm³/mol. The molecule has 0 N–H and O–H groups in total. The average molecular weight is 311 g/mol. The monoisotopic (exact) mass is 310 g/mol. The fourth-order valence-corrected chi connectivity index (χ4v) is 1.93. The second-order valence-corrected chi connectivity index (χ2v) is 5.16. The normalized spacial score (nSPS) is 12.6. The maximum Gasteiger partial charge on any atom is 0.320 e. The second-order valence-electron chi connectivity index (χ2n) is 4.05. The zero-order chi connectivity index (χ0) is 13.2. The van der Waals surface area contributed by atoms with Crippen LogP contribution in [0.4, 0.5) is 0 Å². The number of unbranched alkanes of at least 4 members (excludes halogenated alkanes) is 1. The minimum absolute atomic E-state index is 0.178. The second kappa shape index (κ2) is 8.92. The van der Waals surface area contributed by atoms with Crippen molar-refractivity contribution in [1.82, 2.24) is 0 Å². The third kappa shape index (κ3) is 6.01. The zero-order valence-corrected chi connectivity index (χ0v) is 12.2. The number of esters is 1. The van der Waals surface area contributed by atoms with Crippen LogP contribution in [0, 0.1) is 0 Å². The molecule has 3 heteroatoms. The molecule has 0 heterocycles. The van der Waals surface area contributed by atoms with Crippen molar-refractivity contribution in [3.8, 4) is 0 Å². The summed E-state index contributed by atoms with van der Waals surface area (Å²) in [5.41, 5.74) is 1.11. The predicted octanol–water partition coefficient (Wildman–Crippen LogP) is 4.20. The molecule has 0 radical (unpaired) electrons. The van der Waals surface area contributed by atoms with Crippen LogP contribution in [0.25, 0.3) is 6.08 Å². The third-order valence-electron chi connectivity index (χ3n) is 2.50. The van der Waals surface area contributed by atoms with Crippen LogP contribution in [0.1, 0.15) is 31.7 Å². The maximum absolute atomic E-state index is 11.6. The van der Waals surface area contributed by atoms with Gasteiger partial charge in [-0.2, -0.15) is 0 Å². The molecule has 1 unspecified atom stereocenters. The Balaban J connectivity index is 2.25. The Morgan fingerprint density at radius 1 is 1.39 bits per heavy atom. The number of hydrogen-bond acceptors (Lipinski definition) is 2. The van der Waals surface area contributed by atoms with Gasteiger partial charge in [0, 0.05) is 0 Å². The Morgan fingerprint density at radius 3 is 2.78 bits per heavy atom. The first-order valence-electron chi connectivity index (χ1n) is 6.26.